The van der Waals surface area contributed by atoms with E-state index in [-0.39, 0.29) is 24.0 Å². The monoisotopic (exact) mass is 493 g/mol. The molecule has 2 bridgehead atoms. The summed E-state index contributed by atoms with van der Waals surface area (Å²) < 4.78 is 7.07. The molecule has 6 nitrogen and oxygen atoms in total. The summed E-state index contributed by atoms with van der Waals surface area (Å²) in [6.07, 6.45) is 13.4. The van der Waals surface area contributed by atoms with Crippen LogP contribution in [0.5, 0.6) is 0 Å². The van der Waals surface area contributed by atoms with E-state index in [1.54, 1.807) is 17.6 Å². The first-order valence-corrected chi connectivity index (χ1v) is 14.5. The lowest BCUT2D eigenvalue weighted by Gasteiger charge is -2.54. The molecule has 1 aliphatic carbocycles. The number of carbonyl (C=O) groups is 1. The average Bonchev–Trinajstić information content (AvgIpc) is 2.88. The van der Waals surface area contributed by atoms with Crippen LogP contribution in [-0.2, 0) is 4.74 Å². The van der Waals surface area contributed by atoms with Crippen molar-refractivity contribution in [1.29, 1.82) is 0 Å². The van der Waals surface area contributed by atoms with E-state index in [2.05, 4.69) is 23.7 Å². The van der Waals surface area contributed by atoms with Gasteiger partial charge in [0.1, 0.15) is 0 Å². The van der Waals surface area contributed by atoms with Gasteiger partial charge in [0.25, 0.3) is 5.56 Å². The van der Waals surface area contributed by atoms with Gasteiger partial charge in [-0.1, -0.05) is 51.7 Å². The number of esters is 1. The number of carbonyl (C=O) groups excluding carboxylic acids is 1. The zero-order valence-electron chi connectivity index (χ0n) is 22.3. The molecule has 5 unspecified atom stereocenters. The van der Waals surface area contributed by atoms with Crippen LogP contribution in [-0.4, -0.2) is 45.2 Å². The van der Waals surface area contributed by atoms with E-state index in [9.17, 15) is 9.59 Å². The molecule has 2 saturated heterocycles. The van der Waals surface area contributed by atoms with Gasteiger partial charge in [-0.15, -0.1) is 0 Å². The highest BCUT2D eigenvalue weighted by molar-refractivity contribution is 5.89. The Labute approximate surface area is 215 Å². The molecule has 5 rings (SSSR count). The number of nitrogens with zero attached hydrogens (tertiary/aromatic N) is 3. The van der Waals surface area contributed by atoms with Crippen LogP contribution < -0.4 is 5.56 Å². The third-order valence-corrected chi connectivity index (χ3v) is 9.21. The van der Waals surface area contributed by atoms with E-state index < -0.39 is 5.97 Å². The van der Waals surface area contributed by atoms with Crippen molar-refractivity contribution in [1.82, 2.24) is 14.5 Å². The highest BCUT2D eigenvalue weighted by atomic mass is 16.5. The second-order valence-electron chi connectivity index (χ2n) is 11.4. The van der Waals surface area contributed by atoms with Gasteiger partial charge in [-0.2, -0.15) is 0 Å². The molecule has 196 valence electrons. The molecule has 0 radical (unpaired) electrons. The summed E-state index contributed by atoms with van der Waals surface area (Å²) >= 11 is 0. The third-order valence-electron chi connectivity index (χ3n) is 9.21. The molecule has 3 heterocycles. The standard InChI is InChI=1S/C30H43N3O3/c1-4-10-21-15-20(5-2)16-24(17-21)32-22-11-9-12-23(32)19-25(18-22)33-28(30(35)36-6-3)31-27-14-8-7-13-26(27)29(33)34/h7-8,13-14,20-25H,4-6,9-12,15-19H2,1-3H3. The van der Waals surface area contributed by atoms with Gasteiger partial charge in [0.05, 0.1) is 17.5 Å². The van der Waals surface area contributed by atoms with E-state index in [1.165, 1.54) is 57.8 Å². The van der Waals surface area contributed by atoms with Gasteiger partial charge in [0.15, 0.2) is 0 Å². The van der Waals surface area contributed by atoms with Crippen LogP contribution in [0.4, 0.5) is 0 Å². The van der Waals surface area contributed by atoms with E-state index in [1.807, 2.05) is 18.2 Å². The number of ether oxygens (including phenoxy) is 1. The Kier molecular flexibility index (Phi) is 7.80. The van der Waals surface area contributed by atoms with Crippen molar-refractivity contribution in [3.05, 3.63) is 40.4 Å². The molecule has 0 N–H and O–H groups in total. The molecule has 5 atom stereocenters. The Hall–Kier alpha value is -2.21. The summed E-state index contributed by atoms with van der Waals surface area (Å²) in [6.45, 7) is 6.74. The molecule has 1 aromatic heterocycles. The Balaban J connectivity index is 1.47. The van der Waals surface area contributed by atoms with Crippen LogP contribution >= 0.6 is 0 Å². The van der Waals surface area contributed by atoms with Crippen molar-refractivity contribution in [2.45, 2.75) is 116 Å². The highest BCUT2D eigenvalue weighted by Gasteiger charge is 2.45. The van der Waals surface area contributed by atoms with Crippen LogP contribution in [0.15, 0.2) is 29.1 Å². The van der Waals surface area contributed by atoms with Crippen molar-refractivity contribution < 1.29 is 9.53 Å². The summed E-state index contributed by atoms with van der Waals surface area (Å²) in [6, 6.07) is 8.95. The second-order valence-corrected chi connectivity index (χ2v) is 11.4. The number of fused-ring (bicyclic) bond motifs is 3. The SMILES string of the molecule is CCCC1CC(CC)CC(N2C3CCCC2CC(n2c(C(=O)OCC)nc4ccccc4c2=O)C3)C1. The fraction of sp³-hybridized carbons (Fsp3) is 0.700. The largest absolute Gasteiger partial charge is 0.460 e. The number of benzene rings is 1. The van der Waals surface area contributed by atoms with Gasteiger partial charge in [-0.05, 0) is 75.8 Å². The zero-order valence-corrected chi connectivity index (χ0v) is 22.3. The van der Waals surface area contributed by atoms with Crippen LogP contribution in [0, 0.1) is 11.8 Å². The molecule has 0 spiro atoms. The molecule has 3 aliphatic rings. The zero-order chi connectivity index (χ0) is 25.2. The van der Waals surface area contributed by atoms with Crippen molar-refractivity contribution in [2.75, 3.05) is 6.61 Å². The van der Waals surface area contributed by atoms with E-state index in [0.717, 1.165) is 24.7 Å². The first-order valence-electron chi connectivity index (χ1n) is 14.5. The Morgan fingerprint density at radius 2 is 1.67 bits per heavy atom. The number of aromatic nitrogens is 2. The van der Waals surface area contributed by atoms with E-state index >= 15 is 0 Å². The van der Waals surface area contributed by atoms with Crippen LogP contribution in [0.3, 0.4) is 0 Å². The number of hydrogen-bond donors (Lipinski definition) is 0. The van der Waals surface area contributed by atoms with Crippen molar-refractivity contribution in [3.63, 3.8) is 0 Å². The lowest BCUT2D eigenvalue weighted by molar-refractivity contribution is -0.0445. The summed E-state index contributed by atoms with van der Waals surface area (Å²) in [5, 5.41) is 0.582. The maximum atomic E-state index is 13.8. The molecule has 1 saturated carbocycles. The summed E-state index contributed by atoms with van der Waals surface area (Å²) in [5.74, 6) is 1.36. The Bertz CT molecular complexity index is 1110. The molecular weight excluding hydrogens is 450 g/mol. The predicted octanol–water partition coefficient (Wildman–Crippen LogP) is 6.13. The quantitative estimate of drug-likeness (QED) is 0.434. The topological polar surface area (TPSA) is 64.4 Å². The van der Waals surface area contributed by atoms with Gasteiger partial charge in [-0.3, -0.25) is 14.3 Å². The number of hydrogen-bond acceptors (Lipinski definition) is 5. The van der Waals surface area contributed by atoms with Crippen molar-refractivity contribution >= 4 is 16.9 Å². The summed E-state index contributed by atoms with van der Waals surface area (Å²) in [7, 11) is 0. The highest BCUT2D eigenvalue weighted by Crippen LogP contribution is 2.45. The van der Waals surface area contributed by atoms with E-state index in [4.69, 9.17) is 4.74 Å². The fourth-order valence-corrected chi connectivity index (χ4v) is 7.77. The average molecular weight is 494 g/mol. The summed E-state index contributed by atoms with van der Waals surface area (Å²) in [5.41, 5.74) is 0.459. The van der Waals surface area contributed by atoms with Crippen molar-refractivity contribution in [3.8, 4) is 0 Å². The molecule has 36 heavy (non-hydrogen) atoms. The minimum Gasteiger partial charge on any atom is -0.460 e. The first kappa shape index (κ1) is 25.4. The molecule has 6 heteroatoms. The van der Waals surface area contributed by atoms with Crippen LogP contribution in [0.1, 0.15) is 108 Å². The number of para-hydroxylation sites is 1. The number of rotatable bonds is 7. The van der Waals surface area contributed by atoms with Crippen LogP contribution in [0.2, 0.25) is 0 Å². The second kappa shape index (κ2) is 11.0. The smallest absolute Gasteiger partial charge is 0.374 e. The van der Waals surface area contributed by atoms with Gasteiger partial charge < -0.3 is 4.74 Å². The maximum Gasteiger partial charge on any atom is 0.374 e. The molecule has 0 amide bonds. The predicted molar refractivity (Wildman–Crippen MR) is 143 cm³/mol. The Morgan fingerprint density at radius 1 is 0.944 bits per heavy atom. The lowest BCUT2D eigenvalue weighted by Crippen LogP contribution is -2.58. The van der Waals surface area contributed by atoms with Crippen LogP contribution in [0.25, 0.3) is 10.9 Å². The molecule has 2 aromatic rings. The third kappa shape index (κ3) is 4.85. The molecule has 2 aliphatic heterocycles. The van der Waals surface area contributed by atoms with Gasteiger partial charge in [0, 0.05) is 24.2 Å². The van der Waals surface area contributed by atoms with E-state index in [0.29, 0.717) is 29.0 Å². The van der Waals surface area contributed by atoms with Gasteiger partial charge in [0.2, 0.25) is 5.82 Å². The molecule has 1 aromatic carbocycles. The normalized spacial score (nSPS) is 30.9. The molecule has 3 fully saturated rings. The first-order chi connectivity index (χ1) is 17.5. The fourth-order valence-electron chi connectivity index (χ4n) is 7.77. The minimum absolute atomic E-state index is 0.0161. The van der Waals surface area contributed by atoms with Gasteiger partial charge >= 0.3 is 5.97 Å². The van der Waals surface area contributed by atoms with Gasteiger partial charge in [-0.25, -0.2) is 9.78 Å². The minimum atomic E-state index is -0.492. The van der Waals surface area contributed by atoms with Crippen molar-refractivity contribution in [2.24, 2.45) is 11.8 Å². The lowest BCUT2D eigenvalue weighted by atomic mass is 9.72. The number of piperidine rings is 2. The maximum absolute atomic E-state index is 13.8. The Morgan fingerprint density at radius 3 is 2.36 bits per heavy atom. The molecular formula is C30H43N3O3. The summed E-state index contributed by atoms with van der Waals surface area (Å²) in [4.78, 5) is 34.3.